The minimum Gasteiger partial charge on any atom is -0.355 e. The van der Waals surface area contributed by atoms with E-state index in [1.807, 2.05) is 26.0 Å². The first-order valence-corrected chi connectivity index (χ1v) is 14.0. The minimum absolute atomic E-state index is 0. The maximum absolute atomic E-state index is 14.3. The maximum atomic E-state index is 14.3. The molecule has 0 bridgehead atoms. The van der Waals surface area contributed by atoms with Gasteiger partial charge in [-0.3, -0.25) is 14.4 Å². The lowest BCUT2D eigenvalue weighted by Crippen LogP contribution is -2.60. The fourth-order valence-electron chi connectivity index (χ4n) is 7.02. The van der Waals surface area contributed by atoms with Crippen molar-refractivity contribution in [3.8, 4) is 0 Å². The molecule has 2 aliphatic heterocycles. The van der Waals surface area contributed by atoms with Gasteiger partial charge in [-0.05, 0) is 62.6 Å². The Hall–Kier alpha value is -2.16. The van der Waals surface area contributed by atoms with E-state index in [0.29, 0.717) is 6.42 Å². The molecule has 1 aromatic rings. The van der Waals surface area contributed by atoms with Gasteiger partial charge in [-0.1, -0.05) is 51.0 Å². The van der Waals surface area contributed by atoms with Crippen LogP contribution in [-0.4, -0.2) is 60.1 Å². The summed E-state index contributed by atoms with van der Waals surface area (Å²) in [5.74, 6) is -0.616. The molecule has 2 heterocycles. The number of benzene rings is 1. The number of aryl methyl sites for hydroxylation is 1. The summed E-state index contributed by atoms with van der Waals surface area (Å²) in [6.07, 6.45) is 6.69. The van der Waals surface area contributed by atoms with E-state index in [1.54, 1.807) is 18.9 Å². The molecular weight excluding hydrogens is 504 g/mol. The first-order chi connectivity index (χ1) is 17.7. The van der Waals surface area contributed by atoms with Crippen molar-refractivity contribution < 1.29 is 19.1 Å². The SMILES string of the molecule is CN[C@@H](C)C(=O)N[C@@H]1C(=O)N2C(CC(C)(C)[C@H]2C(=O)N[C@@H]2CCCc3ccccc32)OC2CCCCC21.Cl. The first-order valence-electron chi connectivity index (χ1n) is 14.0. The predicted molar refractivity (Wildman–Crippen MR) is 148 cm³/mol. The number of carbonyl (C=O) groups is 3. The van der Waals surface area contributed by atoms with E-state index in [-0.39, 0.29) is 48.2 Å². The van der Waals surface area contributed by atoms with Crippen molar-refractivity contribution in [3.63, 3.8) is 0 Å². The van der Waals surface area contributed by atoms with Gasteiger partial charge in [0.05, 0.1) is 18.2 Å². The van der Waals surface area contributed by atoms with Gasteiger partial charge in [-0.25, -0.2) is 0 Å². The molecule has 0 aromatic heterocycles. The quantitative estimate of drug-likeness (QED) is 0.526. The van der Waals surface area contributed by atoms with Gasteiger partial charge in [0.25, 0.3) is 0 Å². The fraction of sp³-hybridized carbons (Fsp3) is 0.690. The number of halogens is 1. The molecule has 1 saturated carbocycles. The summed E-state index contributed by atoms with van der Waals surface area (Å²) < 4.78 is 6.63. The van der Waals surface area contributed by atoms with E-state index in [0.717, 1.165) is 44.9 Å². The summed E-state index contributed by atoms with van der Waals surface area (Å²) in [7, 11) is 1.73. The molecule has 1 aromatic carbocycles. The van der Waals surface area contributed by atoms with Crippen molar-refractivity contribution in [2.24, 2.45) is 11.3 Å². The van der Waals surface area contributed by atoms with E-state index < -0.39 is 29.8 Å². The number of amides is 3. The molecule has 7 atom stereocenters. The third kappa shape index (κ3) is 5.32. The zero-order chi connectivity index (χ0) is 26.3. The van der Waals surface area contributed by atoms with Crippen LogP contribution in [0.4, 0.5) is 0 Å². The van der Waals surface area contributed by atoms with Gasteiger partial charge in [-0.15, -0.1) is 12.4 Å². The lowest BCUT2D eigenvalue weighted by molar-refractivity contribution is -0.152. The summed E-state index contributed by atoms with van der Waals surface area (Å²) >= 11 is 0. The highest BCUT2D eigenvalue weighted by Crippen LogP contribution is 2.46. The second-order valence-electron chi connectivity index (χ2n) is 12.1. The first kappa shape index (κ1) is 28.8. The van der Waals surface area contributed by atoms with Crippen LogP contribution in [-0.2, 0) is 25.5 Å². The molecule has 3 unspecified atom stereocenters. The number of ether oxygens (including phenoxy) is 1. The van der Waals surface area contributed by atoms with Crippen LogP contribution in [0.5, 0.6) is 0 Å². The molecule has 38 heavy (non-hydrogen) atoms. The minimum atomic E-state index is -0.696. The highest BCUT2D eigenvalue weighted by Gasteiger charge is 2.58. The van der Waals surface area contributed by atoms with Crippen LogP contribution < -0.4 is 16.0 Å². The van der Waals surface area contributed by atoms with E-state index in [2.05, 4.69) is 28.1 Å². The Balaban J connectivity index is 0.00000336. The number of rotatable bonds is 5. The molecule has 9 heteroatoms. The third-order valence-electron chi connectivity index (χ3n) is 9.12. The average molecular weight is 547 g/mol. The Bertz CT molecular complexity index is 1050. The van der Waals surface area contributed by atoms with Gasteiger partial charge in [0.1, 0.15) is 18.3 Å². The number of carbonyl (C=O) groups excluding carboxylic acids is 3. The lowest BCUT2D eigenvalue weighted by atomic mass is 9.79. The van der Waals surface area contributed by atoms with Crippen molar-refractivity contribution in [3.05, 3.63) is 35.4 Å². The number of fused-ring (bicyclic) bond motifs is 3. The van der Waals surface area contributed by atoms with Crippen LogP contribution in [0.25, 0.3) is 0 Å². The topological polar surface area (TPSA) is 99.8 Å². The molecule has 4 aliphatic rings. The van der Waals surface area contributed by atoms with Crippen molar-refractivity contribution in [2.45, 2.75) is 109 Å². The molecule has 3 fully saturated rings. The molecule has 8 nitrogen and oxygen atoms in total. The summed E-state index contributed by atoms with van der Waals surface area (Å²) in [4.78, 5) is 42.8. The molecule has 0 radical (unpaired) electrons. The average Bonchev–Trinajstić information content (AvgIpc) is 3.10. The van der Waals surface area contributed by atoms with Gasteiger partial charge < -0.3 is 25.6 Å². The fourth-order valence-corrected chi connectivity index (χ4v) is 7.02. The second kappa shape index (κ2) is 11.5. The van der Waals surface area contributed by atoms with E-state index in [4.69, 9.17) is 4.74 Å². The Morgan fingerprint density at radius 2 is 1.82 bits per heavy atom. The number of nitrogens with zero attached hydrogens (tertiary/aromatic N) is 1. The normalized spacial score (nSPS) is 32.5. The third-order valence-corrected chi connectivity index (χ3v) is 9.12. The Morgan fingerprint density at radius 3 is 2.58 bits per heavy atom. The van der Waals surface area contributed by atoms with Gasteiger partial charge in [0.2, 0.25) is 17.7 Å². The Morgan fingerprint density at radius 1 is 1.08 bits per heavy atom. The summed E-state index contributed by atoms with van der Waals surface area (Å²) in [5.41, 5.74) is 1.99. The van der Waals surface area contributed by atoms with Crippen LogP contribution in [0.15, 0.2) is 24.3 Å². The standard InChI is InChI=1S/C29H42N4O4.ClH/c1-17(30-4)26(34)32-24-20-13-7-8-15-22(20)37-23-16-29(2,3)25(33(23)28(24)36)27(35)31-21-14-9-11-18-10-5-6-12-19(18)21;/h5-6,10,12,17,20-25,30H,7-9,11,13-16H2,1-4H3,(H,31,35)(H,32,34);1H/t17-,20?,21+,22?,23?,24-,25+;/m0./s1. The van der Waals surface area contributed by atoms with E-state index in [9.17, 15) is 14.4 Å². The second-order valence-corrected chi connectivity index (χ2v) is 12.1. The van der Waals surface area contributed by atoms with Crippen LogP contribution in [0.2, 0.25) is 0 Å². The Labute approximate surface area is 232 Å². The largest absolute Gasteiger partial charge is 0.355 e. The molecule has 2 saturated heterocycles. The van der Waals surface area contributed by atoms with Gasteiger partial charge in [-0.2, -0.15) is 0 Å². The molecule has 2 aliphatic carbocycles. The monoisotopic (exact) mass is 546 g/mol. The highest BCUT2D eigenvalue weighted by atomic mass is 35.5. The van der Waals surface area contributed by atoms with Crippen LogP contribution in [0, 0.1) is 11.3 Å². The van der Waals surface area contributed by atoms with E-state index in [1.165, 1.54) is 11.1 Å². The number of hydrogen-bond acceptors (Lipinski definition) is 5. The smallest absolute Gasteiger partial charge is 0.248 e. The van der Waals surface area contributed by atoms with Crippen molar-refractivity contribution >= 4 is 30.1 Å². The van der Waals surface area contributed by atoms with Gasteiger partial charge in [0, 0.05) is 12.3 Å². The van der Waals surface area contributed by atoms with E-state index >= 15 is 0 Å². The molecule has 3 N–H and O–H groups in total. The zero-order valence-electron chi connectivity index (χ0n) is 23.0. The van der Waals surface area contributed by atoms with Crippen LogP contribution in [0.1, 0.15) is 82.9 Å². The number of hydrogen-bond donors (Lipinski definition) is 3. The van der Waals surface area contributed by atoms with Crippen molar-refractivity contribution in [1.29, 1.82) is 0 Å². The molecule has 3 amide bonds. The molecular formula is C29H43ClN4O4. The van der Waals surface area contributed by atoms with Gasteiger partial charge >= 0.3 is 0 Å². The van der Waals surface area contributed by atoms with Crippen molar-refractivity contribution in [2.75, 3.05) is 7.05 Å². The summed E-state index contributed by atoms with van der Waals surface area (Å²) in [6, 6.07) is 6.45. The molecule has 0 spiro atoms. The van der Waals surface area contributed by atoms with Crippen molar-refractivity contribution in [1.82, 2.24) is 20.9 Å². The predicted octanol–water partition coefficient (Wildman–Crippen LogP) is 3.24. The molecule has 5 rings (SSSR count). The summed E-state index contributed by atoms with van der Waals surface area (Å²) in [5, 5.41) is 9.32. The summed E-state index contributed by atoms with van der Waals surface area (Å²) in [6.45, 7) is 5.88. The maximum Gasteiger partial charge on any atom is 0.248 e. The van der Waals surface area contributed by atoms with Crippen LogP contribution >= 0.6 is 12.4 Å². The Kier molecular flexibility index (Phi) is 8.75. The van der Waals surface area contributed by atoms with Gasteiger partial charge in [0.15, 0.2) is 0 Å². The zero-order valence-corrected chi connectivity index (χ0v) is 23.8. The number of likely N-dealkylation sites (N-methyl/N-ethyl adjacent to an activating group) is 1. The lowest BCUT2D eigenvalue weighted by Gasteiger charge is -2.37. The number of nitrogens with one attached hydrogen (secondary N) is 3. The highest BCUT2D eigenvalue weighted by molar-refractivity contribution is 5.94. The molecule has 210 valence electrons. The van der Waals surface area contributed by atoms with Crippen LogP contribution in [0.3, 0.4) is 0 Å².